The molecule has 6 heteroatoms. The molecule has 114 valence electrons. The highest BCUT2D eigenvalue weighted by Gasteiger charge is 2.20. The summed E-state index contributed by atoms with van der Waals surface area (Å²) in [5.41, 5.74) is 0.626. The standard InChI is InChI=1S/C15H22N4O2/c1-3-10(2)8-13-17-14-12(15(20)18-13)9-16-19(14)11-4-6-21-7-5-11/h9-11H,3-8H2,1-2H3,(H,17,18,20). The number of hydrogen-bond donors (Lipinski definition) is 1. The summed E-state index contributed by atoms with van der Waals surface area (Å²) in [6, 6.07) is 0.280. The molecule has 1 aliphatic heterocycles. The quantitative estimate of drug-likeness (QED) is 0.935. The molecule has 1 unspecified atom stereocenters. The van der Waals surface area contributed by atoms with Gasteiger partial charge >= 0.3 is 0 Å². The fraction of sp³-hybridized carbons (Fsp3) is 0.667. The number of H-pyrrole nitrogens is 1. The first-order valence-electron chi connectivity index (χ1n) is 7.73. The third kappa shape index (κ3) is 2.85. The van der Waals surface area contributed by atoms with Gasteiger partial charge in [-0.3, -0.25) is 4.79 Å². The third-order valence-corrected chi connectivity index (χ3v) is 4.29. The van der Waals surface area contributed by atoms with Crippen molar-refractivity contribution in [2.75, 3.05) is 13.2 Å². The van der Waals surface area contributed by atoms with Crippen molar-refractivity contribution in [2.45, 2.75) is 45.6 Å². The van der Waals surface area contributed by atoms with Crippen molar-refractivity contribution in [3.63, 3.8) is 0 Å². The lowest BCUT2D eigenvalue weighted by molar-refractivity contribution is 0.0673. The van der Waals surface area contributed by atoms with E-state index in [0.29, 0.717) is 17.0 Å². The molecule has 1 atom stereocenters. The molecule has 0 amide bonds. The molecule has 1 N–H and O–H groups in total. The van der Waals surface area contributed by atoms with E-state index >= 15 is 0 Å². The van der Waals surface area contributed by atoms with Crippen LogP contribution in [0.15, 0.2) is 11.0 Å². The first kappa shape index (κ1) is 14.3. The van der Waals surface area contributed by atoms with E-state index in [1.807, 2.05) is 4.68 Å². The summed E-state index contributed by atoms with van der Waals surface area (Å²) in [5, 5.41) is 4.98. The fourth-order valence-corrected chi connectivity index (χ4v) is 2.75. The van der Waals surface area contributed by atoms with Crippen LogP contribution in [0.5, 0.6) is 0 Å². The first-order valence-corrected chi connectivity index (χ1v) is 7.73. The van der Waals surface area contributed by atoms with Crippen molar-refractivity contribution in [1.82, 2.24) is 19.7 Å². The second-order valence-electron chi connectivity index (χ2n) is 5.90. The van der Waals surface area contributed by atoms with Gasteiger partial charge in [0, 0.05) is 19.6 Å². The molecule has 2 aromatic heterocycles. The molecule has 2 aromatic rings. The van der Waals surface area contributed by atoms with Crippen LogP contribution in [0.25, 0.3) is 11.0 Å². The Morgan fingerprint density at radius 1 is 1.48 bits per heavy atom. The van der Waals surface area contributed by atoms with Crippen molar-refractivity contribution in [2.24, 2.45) is 5.92 Å². The molecule has 0 aromatic carbocycles. The Labute approximate surface area is 123 Å². The monoisotopic (exact) mass is 290 g/mol. The van der Waals surface area contributed by atoms with E-state index in [-0.39, 0.29) is 11.6 Å². The minimum Gasteiger partial charge on any atom is -0.381 e. The van der Waals surface area contributed by atoms with E-state index in [9.17, 15) is 4.79 Å². The Balaban J connectivity index is 2.00. The molecule has 3 rings (SSSR count). The summed E-state index contributed by atoms with van der Waals surface area (Å²) in [5.74, 6) is 1.26. The van der Waals surface area contributed by atoms with Gasteiger partial charge < -0.3 is 9.72 Å². The van der Waals surface area contributed by atoms with Crippen molar-refractivity contribution in [1.29, 1.82) is 0 Å². The molecule has 1 aliphatic rings. The van der Waals surface area contributed by atoms with Crippen LogP contribution in [0.4, 0.5) is 0 Å². The van der Waals surface area contributed by atoms with Crippen LogP contribution in [0.1, 0.15) is 45.0 Å². The van der Waals surface area contributed by atoms with Crippen molar-refractivity contribution >= 4 is 11.0 Å². The smallest absolute Gasteiger partial charge is 0.262 e. The highest BCUT2D eigenvalue weighted by molar-refractivity contribution is 5.73. The van der Waals surface area contributed by atoms with Crippen LogP contribution in [-0.2, 0) is 11.2 Å². The number of rotatable bonds is 4. The summed E-state index contributed by atoms with van der Waals surface area (Å²) in [4.78, 5) is 19.7. The van der Waals surface area contributed by atoms with E-state index in [0.717, 1.165) is 44.7 Å². The third-order valence-electron chi connectivity index (χ3n) is 4.29. The minimum atomic E-state index is -0.0865. The zero-order valence-electron chi connectivity index (χ0n) is 12.6. The van der Waals surface area contributed by atoms with Crippen LogP contribution in [0.3, 0.4) is 0 Å². The van der Waals surface area contributed by atoms with Crippen molar-refractivity contribution in [3.8, 4) is 0 Å². The maximum Gasteiger partial charge on any atom is 0.262 e. The predicted octanol–water partition coefficient (Wildman–Crippen LogP) is 2.06. The summed E-state index contributed by atoms with van der Waals surface area (Å²) in [6.45, 7) is 5.80. The summed E-state index contributed by atoms with van der Waals surface area (Å²) < 4.78 is 7.30. The van der Waals surface area contributed by atoms with Gasteiger partial charge in [-0.1, -0.05) is 20.3 Å². The predicted molar refractivity (Wildman–Crippen MR) is 80.4 cm³/mol. The molecule has 21 heavy (non-hydrogen) atoms. The molecule has 3 heterocycles. The molecule has 0 aliphatic carbocycles. The number of aromatic nitrogens is 4. The van der Waals surface area contributed by atoms with Crippen molar-refractivity contribution < 1.29 is 4.74 Å². The fourth-order valence-electron chi connectivity index (χ4n) is 2.75. The average Bonchev–Trinajstić information content (AvgIpc) is 2.92. The van der Waals surface area contributed by atoms with E-state index in [2.05, 4.69) is 28.9 Å². The molecular weight excluding hydrogens is 268 g/mol. The lowest BCUT2D eigenvalue weighted by atomic mass is 10.1. The number of aromatic amines is 1. The maximum absolute atomic E-state index is 12.2. The van der Waals surface area contributed by atoms with Gasteiger partial charge in [0.2, 0.25) is 0 Å². The van der Waals surface area contributed by atoms with Gasteiger partial charge in [0.25, 0.3) is 5.56 Å². The van der Waals surface area contributed by atoms with Gasteiger partial charge in [0.05, 0.1) is 12.2 Å². The molecular formula is C15H22N4O2. The summed E-state index contributed by atoms with van der Waals surface area (Å²) in [6.07, 6.45) is 5.34. The SMILES string of the molecule is CCC(C)Cc1nc2c(cnn2C2CCOCC2)c(=O)[nH]1. The number of nitrogens with zero attached hydrogens (tertiary/aromatic N) is 3. The van der Waals surface area contributed by atoms with E-state index in [4.69, 9.17) is 4.74 Å². The summed E-state index contributed by atoms with van der Waals surface area (Å²) >= 11 is 0. The molecule has 0 bridgehead atoms. The van der Waals surface area contributed by atoms with Crippen LogP contribution in [0, 0.1) is 5.92 Å². The number of nitrogens with one attached hydrogen (secondary N) is 1. The van der Waals surface area contributed by atoms with Gasteiger partial charge in [-0.2, -0.15) is 5.10 Å². The van der Waals surface area contributed by atoms with Crippen LogP contribution < -0.4 is 5.56 Å². The van der Waals surface area contributed by atoms with Crippen LogP contribution >= 0.6 is 0 Å². The first-order chi connectivity index (χ1) is 10.2. The zero-order valence-corrected chi connectivity index (χ0v) is 12.6. The van der Waals surface area contributed by atoms with Gasteiger partial charge in [0.15, 0.2) is 5.65 Å². The lowest BCUT2D eigenvalue weighted by Crippen LogP contribution is -2.22. The topological polar surface area (TPSA) is 72.8 Å². The maximum atomic E-state index is 12.2. The molecule has 0 saturated carbocycles. The van der Waals surface area contributed by atoms with Gasteiger partial charge in [-0.25, -0.2) is 9.67 Å². The Morgan fingerprint density at radius 2 is 2.24 bits per heavy atom. The summed E-state index contributed by atoms with van der Waals surface area (Å²) in [7, 11) is 0. The molecule has 0 spiro atoms. The number of fused-ring (bicyclic) bond motifs is 1. The Morgan fingerprint density at radius 3 is 2.95 bits per heavy atom. The Hall–Kier alpha value is -1.69. The highest BCUT2D eigenvalue weighted by Crippen LogP contribution is 2.23. The highest BCUT2D eigenvalue weighted by atomic mass is 16.5. The zero-order chi connectivity index (χ0) is 14.8. The Kier molecular flexibility index (Phi) is 4.05. The molecule has 1 saturated heterocycles. The lowest BCUT2D eigenvalue weighted by Gasteiger charge is -2.22. The normalized spacial score (nSPS) is 18.2. The van der Waals surface area contributed by atoms with E-state index in [1.54, 1.807) is 6.20 Å². The molecule has 6 nitrogen and oxygen atoms in total. The largest absolute Gasteiger partial charge is 0.381 e. The average molecular weight is 290 g/mol. The van der Waals surface area contributed by atoms with Crippen LogP contribution in [0.2, 0.25) is 0 Å². The van der Waals surface area contributed by atoms with E-state index < -0.39 is 0 Å². The Bertz CT molecular complexity index is 670. The number of ether oxygens (including phenoxy) is 1. The van der Waals surface area contributed by atoms with Gasteiger partial charge in [0.1, 0.15) is 11.2 Å². The number of hydrogen-bond acceptors (Lipinski definition) is 4. The van der Waals surface area contributed by atoms with E-state index in [1.165, 1.54) is 0 Å². The van der Waals surface area contributed by atoms with Crippen LogP contribution in [-0.4, -0.2) is 33.0 Å². The molecule has 1 fully saturated rings. The van der Waals surface area contributed by atoms with Crippen molar-refractivity contribution in [3.05, 3.63) is 22.4 Å². The second-order valence-corrected chi connectivity index (χ2v) is 5.90. The molecule has 0 radical (unpaired) electrons. The minimum absolute atomic E-state index is 0.0865. The van der Waals surface area contributed by atoms with Gasteiger partial charge in [-0.15, -0.1) is 0 Å². The second kappa shape index (κ2) is 5.97. The van der Waals surface area contributed by atoms with Gasteiger partial charge in [-0.05, 0) is 18.8 Å².